The van der Waals surface area contributed by atoms with Gasteiger partial charge < -0.3 is 15.2 Å². The van der Waals surface area contributed by atoms with Crippen molar-refractivity contribution in [1.29, 1.82) is 0 Å². The third-order valence-corrected chi connectivity index (χ3v) is 4.21. The van der Waals surface area contributed by atoms with E-state index in [-0.39, 0.29) is 0 Å². The van der Waals surface area contributed by atoms with Gasteiger partial charge in [-0.1, -0.05) is 6.42 Å². The lowest BCUT2D eigenvalue weighted by Gasteiger charge is -2.45. The van der Waals surface area contributed by atoms with E-state index in [9.17, 15) is 5.11 Å². The van der Waals surface area contributed by atoms with Crippen LogP contribution in [0.5, 0.6) is 5.88 Å². The highest BCUT2D eigenvalue weighted by Crippen LogP contribution is 2.42. The maximum atomic E-state index is 11.0. The molecule has 2 aliphatic rings. The maximum Gasteiger partial charge on any atom is 0.219 e. The first kappa shape index (κ1) is 11.9. The van der Waals surface area contributed by atoms with Crippen molar-refractivity contribution in [2.24, 2.45) is 0 Å². The number of hydrogen-bond donors (Lipinski definition) is 2. The first-order chi connectivity index (χ1) is 8.71. The molecule has 3 heterocycles. The second-order valence-electron chi connectivity index (χ2n) is 5.49. The lowest BCUT2D eigenvalue weighted by atomic mass is 9.74. The summed E-state index contributed by atoms with van der Waals surface area (Å²) in [6.45, 7) is 0. The van der Waals surface area contributed by atoms with Crippen LogP contribution in [0.3, 0.4) is 0 Å². The maximum absolute atomic E-state index is 11.0. The van der Waals surface area contributed by atoms with Gasteiger partial charge in [-0.15, -0.1) is 0 Å². The van der Waals surface area contributed by atoms with Gasteiger partial charge in [-0.2, -0.15) is 0 Å². The number of fused-ring (bicyclic) bond motifs is 2. The summed E-state index contributed by atoms with van der Waals surface area (Å²) in [6, 6.07) is 4.65. The molecule has 2 saturated heterocycles. The monoisotopic (exact) mass is 248 g/mol. The normalized spacial score (nSPS) is 35.2. The largest absolute Gasteiger partial charge is 0.481 e. The molecule has 4 heteroatoms. The summed E-state index contributed by atoms with van der Waals surface area (Å²) in [5.41, 5.74) is 0.0477. The fourth-order valence-corrected chi connectivity index (χ4v) is 3.46. The van der Waals surface area contributed by atoms with Crippen LogP contribution in [0.2, 0.25) is 0 Å². The molecule has 3 rings (SSSR count). The molecule has 2 fully saturated rings. The van der Waals surface area contributed by atoms with E-state index in [2.05, 4.69) is 10.3 Å². The van der Waals surface area contributed by atoms with E-state index in [0.717, 1.165) is 31.2 Å². The summed E-state index contributed by atoms with van der Waals surface area (Å²) in [6.07, 6.45) is 6.79. The minimum atomic E-state index is -0.791. The van der Waals surface area contributed by atoms with Crippen LogP contribution in [0.1, 0.15) is 37.7 Å². The van der Waals surface area contributed by atoms with Crippen LogP contribution >= 0.6 is 0 Å². The summed E-state index contributed by atoms with van der Waals surface area (Å²) >= 11 is 0. The fraction of sp³-hybridized carbons (Fsp3) is 0.643. The van der Waals surface area contributed by atoms with Crippen LogP contribution in [0.4, 0.5) is 0 Å². The van der Waals surface area contributed by atoms with Gasteiger partial charge in [0.2, 0.25) is 5.88 Å². The number of aliphatic hydroxyl groups is 1. The molecule has 2 atom stereocenters. The first-order valence-electron chi connectivity index (χ1n) is 6.69. The van der Waals surface area contributed by atoms with Gasteiger partial charge in [0.25, 0.3) is 0 Å². The second kappa shape index (κ2) is 4.52. The summed E-state index contributed by atoms with van der Waals surface area (Å²) < 4.78 is 5.29. The number of pyridine rings is 1. The molecule has 1 aromatic heterocycles. The molecule has 0 radical (unpaired) electrons. The van der Waals surface area contributed by atoms with Crippen LogP contribution in [-0.2, 0) is 5.60 Å². The van der Waals surface area contributed by atoms with Crippen LogP contribution in [0.25, 0.3) is 0 Å². The summed E-state index contributed by atoms with van der Waals surface area (Å²) in [4.78, 5) is 4.21. The summed E-state index contributed by atoms with van der Waals surface area (Å²) in [7, 11) is 1.61. The zero-order chi connectivity index (χ0) is 12.6. The number of nitrogens with one attached hydrogen (secondary N) is 1. The Bertz CT molecular complexity index is 424. The van der Waals surface area contributed by atoms with E-state index >= 15 is 0 Å². The van der Waals surface area contributed by atoms with Crippen molar-refractivity contribution >= 4 is 0 Å². The lowest BCUT2D eigenvalue weighted by Crippen LogP contribution is -2.54. The molecule has 0 aliphatic carbocycles. The van der Waals surface area contributed by atoms with Crippen LogP contribution in [0, 0.1) is 0 Å². The highest BCUT2D eigenvalue weighted by Gasteiger charge is 2.43. The van der Waals surface area contributed by atoms with Crippen molar-refractivity contribution in [3.63, 3.8) is 0 Å². The molecule has 0 spiro atoms. The van der Waals surface area contributed by atoms with Gasteiger partial charge >= 0.3 is 0 Å². The number of hydrogen-bond acceptors (Lipinski definition) is 4. The highest BCUT2D eigenvalue weighted by molar-refractivity contribution is 5.33. The molecule has 0 aromatic carbocycles. The smallest absolute Gasteiger partial charge is 0.219 e. The molecule has 2 N–H and O–H groups in total. The number of aromatic nitrogens is 1. The third-order valence-electron chi connectivity index (χ3n) is 4.21. The van der Waals surface area contributed by atoms with Crippen molar-refractivity contribution < 1.29 is 9.84 Å². The molecule has 18 heavy (non-hydrogen) atoms. The van der Waals surface area contributed by atoms with Crippen LogP contribution < -0.4 is 10.1 Å². The van der Waals surface area contributed by atoms with E-state index in [0.29, 0.717) is 18.0 Å². The molecular weight excluding hydrogens is 228 g/mol. The average Bonchev–Trinajstić information content (AvgIpc) is 2.38. The number of rotatable bonds is 2. The van der Waals surface area contributed by atoms with Gasteiger partial charge in [0.15, 0.2) is 0 Å². The van der Waals surface area contributed by atoms with E-state index in [1.54, 1.807) is 13.3 Å². The van der Waals surface area contributed by atoms with Gasteiger partial charge in [0.1, 0.15) is 0 Å². The minimum Gasteiger partial charge on any atom is -0.481 e. The molecule has 0 amide bonds. The molecule has 2 aliphatic heterocycles. The number of methoxy groups -OCH3 is 1. The van der Waals surface area contributed by atoms with Gasteiger partial charge in [-0.3, -0.25) is 0 Å². The predicted octanol–water partition coefficient (Wildman–Crippen LogP) is 1.58. The SMILES string of the molecule is COc1ncccc1C1(O)CC2CCCC(C1)N2. The predicted molar refractivity (Wildman–Crippen MR) is 68.5 cm³/mol. The summed E-state index contributed by atoms with van der Waals surface area (Å²) in [5.74, 6) is 0.556. The Morgan fingerprint density at radius 1 is 1.39 bits per heavy atom. The lowest BCUT2D eigenvalue weighted by molar-refractivity contribution is -0.0377. The van der Waals surface area contributed by atoms with Crippen molar-refractivity contribution in [2.45, 2.75) is 49.8 Å². The van der Waals surface area contributed by atoms with E-state index in [4.69, 9.17) is 4.74 Å². The Morgan fingerprint density at radius 3 is 2.78 bits per heavy atom. The van der Waals surface area contributed by atoms with Crippen LogP contribution in [-0.4, -0.2) is 29.3 Å². The Kier molecular flexibility index (Phi) is 2.99. The Morgan fingerprint density at radius 2 is 2.11 bits per heavy atom. The molecule has 1 aromatic rings. The molecule has 2 unspecified atom stereocenters. The van der Waals surface area contributed by atoms with E-state index in [1.807, 2.05) is 12.1 Å². The molecule has 98 valence electrons. The molecule has 4 nitrogen and oxygen atoms in total. The topological polar surface area (TPSA) is 54.4 Å². The van der Waals surface area contributed by atoms with Gasteiger partial charge in [0, 0.05) is 23.8 Å². The fourth-order valence-electron chi connectivity index (χ4n) is 3.46. The molecular formula is C14H20N2O2. The Hall–Kier alpha value is -1.13. The van der Waals surface area contributed by atoms with E-state index in [1.165, 1.54) is 6.42 Å². The Balaban J connectivity index is 1.94. The van der Waals surface area contributed by atoms with Gasteiger partial charge in [-0.25, -0.2) is 4.98 Å². The summed E-state index contributed by atoms with van der Waals surface area (Å²) in [5, 5.41) is 14.6. The number of nitrogens with zero attached hydrogens (tertiary/aromatic N) is 1. The number of piperidine rings is 2. The van der Waals surface area contributed by atoms with Crippen molar-refractivity contribution in [3.8, 4) is 5.88 Å². The third kappa shape index (κ3) is 1.99. The van der Waals surface area contributed by atoms with Crippen molar-refractivity contribution in [2.75, 3.05) is 7.11 Å². The highest BCUT2D eigenvalue weighted by atomic mass is 16.5. The van der Waals surface area contributed by atoms with E-state index < -0.39 is 5.60 Å². The van der Waals surface area contributed by atoms with Crippen LogP contribution in [0.15, 0.2) is 18.3 Å². The number of ether oxygens (including phenoxy) is 1. The van der Waals surface area contributed by atoms with Crippen molar-refractivity contribution in [3.05, 3.63) is 23.9 Å². The van der Waals surface area contributed by atoms with Gasteiger partial charge in [-0.05, 0) is 37.8 Å². The first-order valence-corrected chi connectivity index (χ1v) is 6.69. The Labute approximate surface area is 107 Å². The average molecular weight is 248 g/mol. The quantitative estimate of drug-likeness (QED) is 0.834. The van der Waals surface area contributed by atoms with Crippen molar-refractivity contribution in [1.82, 2.24) is 10.3 Å². The minimum absolute atomic E-state index is 0.424. The standard InChI is InChI=1S/C14H20N2O2/c1-18-13-12(6-3-7-15-13)14(17)8-10-4-2-5-11(9-14)16-10/h3,6-7,10-11,16-17H,2,4-5,8-9H2,1H3. The second-order valence-corrected chi connectivity index (χ2v) is 5.49. The zero-order valence-electron chi connectivity index (χ0n) is 10.7. The molecule has 2 bridgehead atoms. The zero-order valence-corrected chi connectivity index (χ0v) is 10.7. The van der Waals surface area contributed by atoms with Gasteiger partial charge in [0.05, 0.1) is 12.7 Å². The molecule has 0 saturated carbocycles.